The SMILES string of the molecule is COc1ccc(-c2cc(C(=O)Nc3ccc(-c4nc5ccccc5o4)cc3)no2)cc1OC. The van der Waals surface area contributed by atoms with Crippen LogP contribution in [0.25, 0.3) is 33.9 Å². The molecule has 0 saturated carbocycles. The zero-order valence-electron chi connectivity index (χ0n) is 17.9. The first-order valence-electron chi connectivity index (χ1n) is 10.1. The average molecular weight is 441 g/mol. The van der Waals surface area contributed by atoms with Crippen molar-refractivity contribution in [1.82, 2.24) is 10.1 Å². The predicted molar refractivity (Wildman–Crippen MR) is 122 cm³/mol. The number of benzene rings is 3. The van der Waals surface area contributed by atoms with E-state index in [1.165, 1.54) is 0 Å². The zero-order chi connectivity index (χ0) is 22.8. The van der Waals surface area contributed by atoms with Gasteiger partial charge in [-0.1, -0.05) is 17.3 Å². The molecule has 0 aliphatic rings. The summed E-state index contributed by atoms with van der Waals surface area (Å²) in [6, 6.07) is 21.7. The molecule has 8 nitrogen and oxygen atoms in total. The maximum atomic E-state index is 12.6. The van der Waals surface area contributed by atoms with Gasteiger partial charge in [-0.05, 0) is 54.6 Å². The number of fused-ring (bicyclic) bond motifs is 1. The molecule has 0 aliphatic carbocycles. The van der Waals surface area contributed by atoms with Crippen molar-refractivity contribution >= 4 is 22.7 Å². The number of hydrogen-bond acceptors (Lipinski definition) is 7. The highest BCUT2D eigenvalue weighted by molar-refractivity contribution is 6.03. The summed E-state index contributed by atoms with van der Waals surface area (Å²) in [7, 11) is 3.12. The molecule has 164 valence electrons. The molecule has 0 bridgehead atoms. The lowest BCUT2D eigenvalue weighted by Crippen LogP contribution is -2.11. The van der Waals surface area contributed by atoms with Gasteiger partial charge in [0, 0.05) is 22.9 Å². The minimum absolute atomic E-state index is 0.155. The number of para-hydroxylation sites is 2. The summed E-state index contributed by atoms with van der Waals surface area (Å²) < 4.78 is 21.7. The van der Waals surface area contributed by atoms with Crippen molar-refractivity contribution in [1.29, 1.82) is 0 Å². The number of ether oxygens (including phenoxy) is 2. The molecule has 0 spiro atoms. The topological polar surface area (TPSA) is 99.6 Å². The van der Waals surface area contributed by atoms with Crippen LogP contribution in [0.3, 0.4) is 0 Å². The molecular weight excluding hydrogens is 422 g/mol. The van der Waals surface area contributed by atoms with Gasteiger partial charge in [-0.15, -0.1) is 0 Å². The van der Waals surface area contributed by atoms with Gasteiger partial charge in [-0.3, -0.25) is 4.79 Å². The summed E-state index contributed by atoms with van der Waals surface area (Å²) in [5.74, 6) is 1.72. The number of nitrogens with zero attached hydrogens (tertiary/aromatic N) is 2. The van der Waals surface area contributed by atoms with Crippen LogP contribution in [0, 0.1) is 0 Å². The van der Waals surface area contributed by atoms with Gasteiger partial charge in [0.1, 0.15) is 5.52 Å². The fraction of sp³-hybridized carbons (Fsp3) is 0.0800. The summed E-state index contributed by atoms with van der Waals surface area (Å²) in [5, 5.41) is 6.70. The van der Waals surface area contributed by atoms with Crippen LogP contribution in [0.15, 0.2) is 81.7 Å². The molecule has 5 aromatic rings. The summed E-state index contributed by atoms with van der Waals surface area (Å²) in [4.78, 5) is 17.1. The summed E-state index contributed by atoms with van der Waals surface area (Å²) >= 11 is 0. The highest BCUT2D eigenvalue weighted by atomic mass is 16.5. The summed E-state index contributed by atoms with van der Waals surface area (Å²) in [5.41, 5.74) is 3.80. The molecule has 0 saturated heterocycles. The van der Waals surface area contributed by atoms with Crippen molar-refractivity contribution in [2.75, 3.05) is 19.5 Å². The molecule has 5 rings (SSSR count). The lowest BCUT2D eigenvalue weighted by Gasteiger charge is -2.07. The van der Waals surface area contributed by atoms with Gasteiger partial charge in [0.15, 0.2) is 28.5 Å². The number of rotatable bonds is 6. The van der Waals surface area contributed by atoms with Crippen molar-refractivity contribution in [2.24, 2.45) is 0 Å². The standard InChI is InChI=1S/C25H19N3O5/c1-30-21-12-9-16(13-23(21)31-2)22-14-19(28-33-22)24(29)26-17-10-7-15(8-11-17)25-27-18-5-3-4-6-20(18)32-25/h3-14H,1-2H3,(H,26,29). The van der Waals surface area contributed by atoms with Crippen LogP contribution in [0.4, 0.5) is 5.69 Å². The van der Waals surface area contributed by atoms with E-state index in [0.717, 1.165) is 16.7 Å². The Morgan fingerprint density at radius 1 is 0.879 bits per heavy atom. The van der Waals surface area contributed by atoms with Crippen molar-refractivity contribution in [3.63, 3.8) is 0 Å². The predicted octanol–water partition coefficient (Wildman–Crippen LogP) is 5.42. The van der Waals surface area contributed by atoms with Crippen LogP contribution in [0.2, 0.25) is 0 Å². The van der Waals surface area contributed by atoms with Crippen LogP contribution in [0.5, 0.6) is 11.5 Å². The molecule has 1 N–H and O–H groups in total. The van der Waals surface area contributed by atoms with Crippen molar-refractivity contribution in [2.45, 2.75) is 0 Å². The second kappa shape index (κ2) is 8.51. The van der Waals surface area contributed by atoms with Crippen molar-refractivity contribution in [3.05, 3.63) is 78.5 Å². The number of anilines is 1. The van der Waals surface area contributed by atoms with Gasteiger partial charge < -0.3 is 23.7 Å². The minimum atomic E-state index is -0.389. The van der Waals surface area contributed by atoms with E-state index in [9.17, 15) is 4.79 Å². The molecule has 2 aromatic heterocycles. The number of hydrogen-bond donors (Lipinski definition) is 1. The Bertz CT molecular complexity index is 1400. The third kappa shape index (κ3) is 4.01. The zero-order valence-corrected chi connectivity index (χ0v) is 17.9. The first-order chi connectivity index (χ1) is 16.1. The number of aromatic nitrogens is 2. The first kappa shape index (κ1) is 20.3. The first-order valence-corrected chi connectivity index (χ1v) is 10.1. The number of amides is 1. The van der Waals surface area contributed by atoms with E-state index in [1.807, 2.05) is 36.4 Å². The normalized spacial score (nSPS) is 10.8. The highest BCUT2D eigenvalue weighted by Crippen LogP contribution is 2.32. The molecule has 0 aliphatic heterocycles. The van der Waals surface area contributed by atoms with Gasteiger partial charge in [0.25, 0.3) is 5.91 Å². The Hall–Kier alpha value is -4.59. The van der Waals surface area contributed by atoms with Crippen LogP contribution in [0.1, 0.15) is 10.5 Å². The minimum Gasteiger partial charge on any atom is -0.493 e. The van der Waals surface area contributed by atoms with Gasteiger partial charge >= 0.3 is 0 Å². The molecule has 1 amide bonds. The van der Waals surface area contributed by atoms with Gasteiger partial charge in [0.05, 0.1) is 14.2 Å². The largest absolute Gasteiger partial charge is 0.493 e. The number of carbonyl (C=O) groups is 1. The molecule has 2 heterocycles. The summed E-state index contributed by atoms with van der Waals surface area (Å²) in [6.45, 7) is 0. The van der Waals surface area contributed by atoms with Crippen molar-refractivity contribution in [3.8, 4) is 34.3 Å². The Kier molecular flexibility index (Phi) is 5.24. The van der Waals surface area contributed by atoms with Crippen LogP contribution >= 0.6 is 0 Å². The van der Waals surface area contributed by atoms with E-state index in [4.69, 9.17) is 18.4 Å². The maximum Gasteiger partial charge on any atom is 0.277 e. The molecule has 0 unspecified atom stereocenters. The molecule has 0 radical (unpaired) electrons. The van der Waals surface area contributed by atoms with Gasteiger partial charge in [-0.25, -0.2) is 4.98 Å². The van der Waals surface area contributed by atoms with E-state index in [2.05, 4.69) is 15.5 Å². The molecule has 8 heteroatoms. The smallest absolute Gasteiger partial charge is 0.277 e. The number of carbonyl (C=O) groups excluding carboxylic acids is 1. The van der Waals surface area contributed by atoms with Gasteiger partial charge in [-0.2, -0.15) is 0 Å². The number of oxazole rings is 1. The van der Waals surface area contributed by atoms with E-state index in [-0.39, 0.29) is 11.6 Å². The highest BCUT2D eigenvalue weighted by Gasteiger charge is 2.16. The third-order valence-corrected chi connectivity index (χ3v) is 5.09. The van der Waals surface area contributed by atoms with Crippen LogP contribution in [-0.2, 0) is 0 Å². The van der Waals surface area contributed by atoms with E-state index >= 15 is 0 Å². The molecule has 0 atom stereocenters. The quantitative estimate of drug-likeness (QED) is 0.376. The molecule has 3 aromatic carbocycles. The van der Waals surface area contributed by atoms with E-state index < -0.39 is 0 Å². The lowest BCUT2D eigenvalue weighted by molar-refractivity contribution is 0.101. The number of nitrogens with one attached hydrogen (secondary N) is 1. The average Bonchev–Trinajstić information content (AvgIpc) is 3.52. The number of methoxy groups -OCH3 is 2. The van der Waals surface area contributed by atoms with Crippen LogP contribution in [-0.4, -0.2) is 30.3 Å². The fourth-order valence-electron chi connectivity index (χ4n) is 3.39. The maximum absolute atomic E-state index is 12.6. The summed E-state index contributed by atoms with van der Waals surface area (Å²) in [6.07, 6.45) is 0. The molecule has 0 fully saturated rings. The molecule has 33 heavy (non-hydrogen) atoms. The van der Waals surface area contributed by atoms with Crippen LogP contribution < -0.4 is 14.8 Å². The lowest BCUT2D eigenvalue weighted by atomic mass is 10.1. The fourth-order valence-corrected chi connectivity index (χ4v) is 3.39. The Morgan fingerprint density at radius 2 is 1.64 bits per heavy atom. The Morgan fingerprint density at radius 3 is 2.39 bits per heavy atom. The van der Waals surface area contributed by atoms with E-state index in [0.29, 0.717) is 34.4 Å². The second-order valence-electron chi connectivity index (χ2n) is 7.16. The monoisotopic (exact) mass is 441 g/mol. The third-order valence-electron chi connectivity index (χ3n) is 5.09. The van der Waals surface area contributed by atoms with E-state index in [1.54, 1.807) is 50.6 Å². The van der Waals surface area contributed by atoms with Crippen molar-refractivity contribution < 1.29 is 23.2 Å². The Balaban J connectivity index is 1.30. The molecular formula is C25H19N3O5. The second-order valence-corrected chi connectivity index (χ2v) is 7.16. The van der Waals surface area contributed by atoms with Gasteiger partial charge in [0.2, 0.25) is 5.89 Å². The Labute approximate surface area is 188 Å².